The van der Waals surface area contributed by atoms with Gasteiger partial charge in [0.2, 0.25) is 0 Å². The average Bonchev–Trinajstić information content (AvgIpc) is 1.67. The lowest BCUT2D eigenvalue weighted by Crippen LogP contribution is -2.34. The highest BCUT2D eigenvalue weighted by Gasteiger charge is 2.06. The Labute approximate surface area is 49.4 Å². The molecule has 0 rings (SSSR count). The maximum atomic E-state index is 8.70. The Balaban J connectivity index is 3.17. The van der Waals surface area contributed by atoms with E-state index in [1.54, 1.807) is 6.92 Å². The van der Waals surface area contributed by atoms with Crippen molar-refractivity contribution in [2.24, 2.45) is 5.73 Å². The molecule has 0 bridgehead atoms. The van der Waals surface area contributed by atoms with Crippen LogP contribution in [0.2, 0.25) is 0 Å². The molecule has 3 N–H and O–H groups in total. The lowest BCUT2D eigenvalue weighted by Gasteiger charge is -2.13. The highest BCUT2D eigenvalue weighted by atomic mass is 16.5. The van der Waals surface area contributed by atoms with Crippen LogP contribution >= 0.6 is 0 Å². The van der Waals surface area contributed by atoms with Crippen molar-refractivity contribution >= 4 is 0 Å². The van der Waals surface area contributed by atoms with Crippen molar-refractivity contribution in [2.45, 2.75) is 26.2 Å². The van der Waals surface area contributed by atoms with Crippen LogP contribution in [0.15, 0.2) is 0 Å². The van der Waals surface area contributed by atoms with Crippen LogP contribution in [0.5, 0.6) is 0 Å². The summed E-state index contributed by atoms with van der Waals surface area (Å²) < 4.78 is 4.83. The molecule has 0 aliphatic rings. The molecule has 0 radical (unpaired) electrons. The minimum atomic E-state index is -0.574. The summed E-state index contributed by atoms with van der Waals surface area (Å²) in [6.45, 7) is 3.98. The third kappa shape index (κ3) is 2.96. The fourth-order valence-corrected chi connectivity index (χ4v) is 0.332. The third-order valence-corrected chi connectivity index (χ3v) is 0.835. The molecular weight excluding hydrogens is 106 g/mol. The van der Waals surface area contributed by atoms with Gasteiger partial charge in [0.15, 0.2) is 0 Å². The molecule has 0 fully saturated rings. The normalized spacial score (nSPS) is 18.0. The highest BCUT2D eigenvalue weighted by molar-refractivity contribution is 4.53. The van der Waals surface area contributed by atoms with E-state index in [1.165, 1.54) is 0 Å². The Hall–Kier alpha value is -0.120. The van der Waals surface area contributed by atoms with Crippen LogP contribution in [-0.4, -0.2) is 24.0 Å². The van der Waals surface area contributed by atoms with Crippen LogP contribution in [0.1, 0.15) is 13.8 Å². The van der Waals surface area contributed by atoms with E-state index in [9.17, 15) is 0 Å². The molecule has 0 amide bonds. The number of rotatable bonds is 3. The molecule has 0 saturated carbocycles. The molecule has 0 aromatic heterocycles. The maximum Gasteiger partial charge on any atom is 0.131 e. The van der Waals surface area contributed by atoms with Crippen molar-refractivity contribution in [2.75, 3.05) is 6.61 Å². The van der Waals surface area contributed by atoms with Gasteiger partial charge in [-0.3, -0.25) is 0 Å². The highest BCUT2D eigenvalue weighted by Crippen LogP contribution is 1.88. The van der Waals surface area contributed by atoms with E-state index < -0.39 is 12.3 Å². The number of hydrogen-bond donors (Lipinski definition) is 2. The van der Waals surface area contributed by atoms with Crippen LogP contribution < -0.4 is 5.73 Å². The maximum absolute atomic E-state index is 8.70. The van der Waals surface area contributed by atoms with Gasteiger partial charge in [0, 0.05) is 6.61 Å². The standard InChI is InChI=1S/C5H13NO2/c1-3-8-5(6)4(2)7/h4-5,7H,3,6H2,1-2H3. The average molecular weight is 119 g/mol. The zero-order chi connectivity index (χ0) is 6.57. The molecule has 2 atom stereocenters. The molecule has 0 aromatic rings. The largest absolute Gasteiger partial charge is 0.389 e. The molecule has 3 nitrogen and oxygen atoms in total. The van der Waals surface area contributed by atoms with E-state index in [-0.39, 0.29) is 0 Å². The second-order valence-electron chi connectivity index (χ2n) is 1.66. The molecular formula is C5H13NO2. The van der Waals surface area contributed by atoms with Crippen molar-refractivity contribution in [1.29, 1.82) is 0 Å². The molecule has 0 aliphatic heterocycles. The molecule has 3 heteroatoms. The molecule has 0 aromatic carbocycles. The minimum Gasteiger partial charge on any atom is -0.389 e. The summed E-state index contributed by atoms with van der Waals surface area (Å²) in [5.74, 6) is 0. The number of ether oxygens (including phenoxy) is 1. The fraction of sp³-hybridized carbons (Fsp3) is 1.00. The van der Waals surface area contributed by atoms with E-state index >= 15 is 0 Å². The van der Waals surface area contributed by atoms with Gasteiger partial charge in [0.05, 0.1) is 6.10 Å². The fourth-order valence-electron chi connectivity index (χ4n) is 0.332. The SMILES string of the molecule is CCOC(N)C(C)O. The first kappa shape index (κ1) is 7.88. The van der Waals surface area contributed by atoms with E-state index in [2.05, 4.69) is 0 Å². The van der Waals surface area contributed by atoms with Crippen molar-refractivity contribution in [3.8, 4) is 0 Å². The quantitative estimate of drug-likeness (QED) is 0.501. The number of nitrogens with two attached hydrogens (primary N) is 1. The minimum absolute atomic E-state index is 0.528. The van der Waals surface area contributed by atoms with Crippen LogP contribution in [0.25, 0.3) is 0 Å². The molecule has 0 heterocycles. The van der Waals surface area contributed by atoms with Gasteiger partial charge in [-0.05, 0) is 13.8 Å². The molecule has 0 spiro atoms. The summed E-state index contributed by atoms with van der Waals surface area (Å²) >= 11 is 0. The van der Waals surface area contributed by atoms with Gasteiger partial charge in [-0.25, -0.2) is 0 Å². The summed E-state index contributed by atoms with van der Waals surface area (Å²) in [4.78, 5) is 0. The van der Waals surface area contributed by atoms with Gasteiger partial charge in [-0.15, -0.1) is 0 Å². The van der Waals surface area contributed by atoms with Crippen molar-refractivity contribution in [3.05, 3.63) is 0 Å². The van der Waals surface area contributed by atoms with E-state index in [4.69, 9.17) is 15.6 Å². The number of aliphatic hydroxyl groups is 1. The predicted octanol–water partition coefficient (Wildman–Crippen LogP) is -0.312. The third-order valence-electron chi connectivity index (χ3n) is 0.835. The second-order valence-corrected chi connectivity index (χ2v) is 1.66. The van der Waals surface area contributed by atoms with Crippen LogP contribution in [0.4, 0.5) is 0 Å². The molecule has 0 saturated heterocycles. The first-order valence-corrected chi connectivity index (χ1v) is 2.73. The number of aliphatic hydroxyl groups excluding tert-OH is 1. The van der Waals surface area contributed by atoms with Gasteiger partial charge in [-0.2, -0.15) is 0 Å². The first-order valence-electron chi connectivity index (χ1n) is 2.73. The van der Waals surface area contributed by atoms with Crippen molar-refractivity contribution in [1.82, 2.24) is 0 Å². The number of hydrogen-bond acceptors (Lipinski definition) is 3. The topological polar surface area (TPSA) is 55.5 Å². The molecule has 2 unspecified atom stereocenters. The lowest BCUT2D eigenvalue weighted by molar-refractivity contribution is -0.0199. The zero-order valence-electron chi connectivity index (χ0n) is 5.29. The van der Waals surface area contributed by atoms with E-state index in [0.29, 0.717) is 6.61 Å². The lowest BCUT2D eigenvalue weighted by atomic mass is 10.4. The van der Waals surface area contributed by atoms with Crippen LogP contribution in [0, 0.1) is 0 Å². The van der Waals surface area contributed by atoms with Gasteiger partial charge in [-0.1, -0.05) is 0 Å². The second kappa shape index (κ2) is 3.83. The zero-order valence-corrected chi connectivity index (χ0v) is 5.29. The van der Waals surface area contributed by atoms with Gasteiger partial charge in [0.25, 0.3) is 0 Å². The molecule has 50 valence electrons. The van der Waals surface area contributed by atoms with Crippen LogP contribution in [-0.2, 0) is 4.74 Å². The van der Waals surface area contributed by atoms with Crippen molar-refractivity contribution < 1.29 is 9.84 Å². The summed E-state index contributed by atoms with van der Waals surface area (Å²) in [5.41, 5.74) is 5.25. The van der Waals surface area contributed by atoms with Crippen molar-refractivity contribution in [3.63, 3.8) is 0 Å². The summed E-state index contributed by atoms with van der Waals surface area (Å²) in [5, 5.41) is 8.70. The Morgan fingerprint density at radius 3 is 2.38 bits per heavy atom. The van der Waals surface area contributed by atoms with E-state index in [1.807, 2.05) is 6.92 Å². The van der Waals surface area contributed by atoms with Gasteiger partial charge < -0.3 is 15.6 Å². The monoisotopic (exact) mass is 119 g/mol. The van der Waals surface area contributed by atoms with Crippen LogP contribution in [0.3, 0.4) is 0 Å². The summed E-state index contributed by atoms with van der Waals surface area (Å²) in [6, 6.07) is 0. The Kier molecular flexibility index (Phi) is 3.77. The predicted molar refractivity (Wildman–Crippen MR) is 31.3 cm³/mol. The van der Waals surface area contributed by atoms with Gasteiger partial charge >= 0.3 is 0 Å². The van der Waals surface area contributed by atoms with E-state index in [0.717, 1.165) is 0 Å². The summed E-state index contributed by atoms with van der Waals surface area (Å²) in [6.07, 6.45) is -1.10. The Morgan fingerprint density at radius 1 is 1.75 bits per heavy atom. The molecule has 8 heavy (non-hydrogen) atoms. The summed E-state index contributed by atoms with van der Waals surface area (Å²) in [7, 11) is 0. The molecule has 0 aliphatic carbocycles. The first-order chi connectivity index (χ1) is 3.68. The Bertz CT molecular complexity index is 56.4. The smallest absolute Gasteiger partial charge is 0.131 e. The Morgan fingerprint density at radius 2 is 2.25 bits per heavy atom. The van der Waals surface area contributed by atoms with Gasteiger partial charge in [0.1, 0.15) is 6.23 Å².